The van der Waals surface area contributed by atoms with Gasteiger partial charge in [-0.2, -0.15) is 5.10 Å². The van der Waals surface area contributed by atoms with Crippen molar-refractivity contribution >= 4 is 17.4 Å². The molecule has 0 bridgehead atoms. The molecule has 8 heteroatoms. The van der Waals surface area contributed by atoms with Crippen molar-refractivity contribution in [3.8, 4) is 16.9 Å². The molecule has 1 saturated heterocycles. The zero-order valence-electron chi connectivity index (χ0n) is 16.5. The number of amides is 1. The summed E-state index contributed by atoms with van der Waals surface area (Å²) in [6.07, 6.45) is 1.72. The van der Waals surface area contributed by atoms with Gasteiger partial charge in [0.25, 0.3) is 5.91 Å². The second-order valence-corrected chi connectivity index (χ2v) is 7.87. The normalized spacial score (nSPS) is 21.3. The smallest absolute Gasteiger partial charge is 0.262 e. The first-order chi connectivity index (χ1) is 14.5. The number of ether oxygens (including phenoxy) is 1. The maximum atomic E-state index is 14.7. The summed E-state index contributed by atoms with van der Waals surface area (Å²) < 4.78 is 35.3. The number of carbonyl (C=O) groups excluding carboxylic acids is 1. The number of benzene rings is 2. The van der Waals surface area contributed by atoms with Crippen molar-refractivity contribution in [2.24, 2.45) is 5.10 Å². The monoisotopic (exact) mass is 412 g/mol. The Kier molecular flexibility index (Phi) is 4.66. The number of hydrogen-bond donors (Lipinski definition) is 2. The van der Waals surface area contributed by atoms with Gasteiger partial charge in [-0.15, -0.1) is 0 Å². The third-order valence-corrected chi connectivity index (χ3v) is 6.10. The lowest BCUT2D eigenvalue weighted by molar-refractivity contribution is -0.122. The van der Waals surface area contributed by atoms with E-state index in [9.17, 15) is 13.6 Å². The molecule has 3 heterocycles. The Bertz CT molecular complexity index is 1030. The number of anilines is 1. The van der Waals surface area contributed by atoms with Crippen LogP contribution in [0.1, 0.15) is 31.2 Å². The summed E-state index contributed by atoms with van der Waals surface area (Å²) in [7, 11) is 0. The highest BCUT2D eigenvalue weighted by molar-refractivity contribution is 6.09. The molecule has 5 rings (SSSR count). The molecule has 0 aromatic heterocycles. The summed E-state index contributed by atoms with van der Waals surface area (Å²) >= 11 is 0. The highest BCUT2D eigenvalue weighted by atomic mass is 19.1. The number of piperidine rings is 1. The number of fused-ring (bicyclic) bond motifs is 3. The molecule has 1 fully saturated rings. The fraction of sp³-hybridized carbons (Fsp3) is 0.364. The van der Waals surface area contributed by atoms with Crippen molar-refractivity contribution in [3.05, 3.63) is 47.5 Å². The molecule has 6 nitrogen and oxygen atoms in total. The summed E-state index contributed by atoms with van der Waals surface area (Å²) in [5.41, 5.74) is 4.54. The van der Waals surface area contributed by atoms with Crippen LogP contribution < -0.4 is 20.4 Å². The largest absolute Gasteiger partial charge is 0.483 e. The number of nitrogens with zero attached hydrogens (tertiary/aromatic N) is 2. The maximum Gasteiger partial charge on any atom is 0.262 e. The zero-order chi connectivity index (χ0) is 20.8. The molecule has 3 aliphatic rings. The van der Waals surface area contributed by atoms with Gasteiger partial charge in [0.05, 0.1) is 11.3 Å². The van der Waals surface area contributed by atoms with Crippen LogP contribution in [0, 0.1) is 11.6 Å². The van der Waals surface area contributed by atoms with Gasteiger partial charge in [-0.3, -0.25) is 4.79 Å². The van der Waals surface area contributed by atoms with Crippen LogP contribution in [0.25, 0.3) is 11.1 Å². The molecule has 0 saturated carbocycles. The predicted molar refractivity (Wildman–Crippen MR) is 110 cm³/mol. The highest BCUT2D eigenvalue weighted by Gasteiger charge is 2.36. The van der Waals surface area contributed by atoms with Crippen LogP contribution in [-0.4, -0.2) is 37.5 Å². The van der Waals surface area contributed by atoms with E-state index in [0.717, 1.165) is 31.5 Å². The lowest BCUT2D eigenvalue weighted by Gasteiger charge is -2.39. The first-order valence-corrected chi connectivity index (χ1v) is 10.2. The van der Waals surface area contributed by atoms with E-state index in [-0.39, 0.29) is 24.0 Å². The Balaban J connectivity index is 1.72. The number of hydrazone groups is 1. The fourth-order valence-corrected chi connectivity index (χ4v) is 4.53. The number of halogens is 2. The van der Waals surface area contributed by atoms with Gasteiger partial charge in [0.15, 0.2) is 5.84 Å². The van der Waals surface area contributed by atoms with E-state index in [1.807, 2.05) is 11.0 Å². The van der Waals surface area contributed by atoms with Crippen molar-refractivity contribution in [3.63, 3.8) is 0 Å². The van der Waals surface area contributed by atoms with E-state index in [1.165, 1.54) is 18.2 Å². The Morgan fingerprint density at radius 3 is 2.63 bits per heavy atom. The molecule has 2 aromatic rings. The molecule has 0 radical (unpaired) electrons. The molecule has 0 aliphatic carbocycles. The summed E-state index contributed by atoms with van der Waals surface area (Å²) in [6, 6.07) is 7.08. The van der Waals surface area contributed by atoms with Crippen molar-refractivity contribution < 1.29 is 18.3 Å². The minimum Gasteiger partial charge on any atom is -0.483 e. The van der Waals surface area contributed by atoms with E-state index in [0.29, 0.717) is 22.8 Å². The molecule has 156 valence electrons. The van der Waals surface area contributed by atoms with E-state index in [4.69, 9.17) is 4.74 Å². The Labute approximate surface area is 172 Å². The Hall–Kier alpha value is -3.00. The quantitative estimate of drug-likeness (QED) is 0.796. The third-order valence-electron chi connectivity index (χ3n) is 6.10. The standard InChI is InChI=1S/C22H22F2N4O2/c1-12-22(29)27-26-20-11-30-19-10-15(21-16(23)3-2-4-17(21)24)14(9-18(19)28(12)20)13-5-7-25-8-6-13/h2-4,9-10,12-13,25H,5-8,11H2,1H3,(H,27,29)/t12-/m1/s1. The average Bonchev–Trinajstić information content (AvgIpc) is 2.76. The molecule has 3 aliphatic heterocycles. The molecule has 1 atom stereocenters. The zero-order valence-corrected chi connectivity index (χ0v) is 16.5. The minimum atomic E-state index is -0.603. The van der Waals surface area contributed by atoms with E-state index in [2.05, 4.69) is 15.8 Å². The van der Waals surface area contributed by atoms with Crippen LogP contribution >= 0.6 is 0 Å². The Morgan fingerprint density at radius 2 is 1.90 bits per heavy atom. The van der Waals surface area contributed by atoms with Crippen LogP contribution in [0.4, 0.5) is 14.5 Å². The van der Waals surface area contributed by atoms with Gasteiger partial charge in [0.1, 0.15) is 30.0 Å². The molecule has 30 heavy (non-hydrogen) atoms. The Morgan fingerprint density at radius 1 is 1.17 bits per heavy atom. The van der Waals surface area contributed by atoms with Crippen LogP contribution in [0.15, 0.2) is 35.4 Å². The van der Waals surface area contributed by atoms with Crippen molar-refractivity contribution in [2.45, 2.75) is 31.7 Å². The van der Waals surface area contributed by atoms with E-state index in [1.54, 1.807) is 13.0 Å². The van der Waals surface area contributed by atoms with Crippen molar-refractivity contribution in [1.29, 1.82) is 0 Å². The highest BCUT2D eigenvalue weighted by Crippen LogP contribution is 2.45. The van der Waals surface area contributed by atoms with Gasteiger partial charge in [0, 0.05) is 0 Å². The van der Waals surface area contributed by atoms with Crippen molar-refractivity contribution in [1.82, 2.24) is 10.7 Å². The number of hydrogen-bond acceptors (Lipinski definition) is 5. The molecule has 2 N–H and O–H groups in total. The number of carbonyl (C=O) groups is 1. The lowest BCUT2D eigenvalue weighted by atomic mass is 9.84. The van der Waals surface area contributed by atoms with Gasteiger partial charge in [-0.25, -0.2) is 14.2 Å². The number of rotatable bonds is 2. The first kappa shape index (κ1) is 19.0. The predicted octanol–water partition coefficient (Wildman–Crippen LogP) is 3.13. The van der Waals surface area contributed by atoms with Crippen LogP contribution in [0.2, 0.25) is 0 Å². The summed E-state index contributed by atoms with van der Waals surface area (Å²) in [5, 5.41) is 7.45. The molecule has 0 unspecified atom stereocenters. The topological polar surface area (TPSA) is 66.0 Å². The van der Waals surface area contributed by atoms with Gasteiger partial charge in [-0.1, -0.05) is 6.07 Å². The minimum absolute atomic E-state index is 0.0404. The molecule has 0 spiro atoms. The molecular formula is C22H22F2N4O2. The van der Waals surface area contributed by atoms with Crippen LogP contribution in [0.5, 0.6) is 5.75 Å². The SMILES string of the molecule is C[C@@H]1C(=O)NN=C2COc3cc(-c4c(F)cccc4F)c(C4CCNCC4)cc3N21. The van der Waals surface area contributed by atoms with E-state index < -0.39 is 17.7 Å². The van der Waals surface area contributed by atoms with Crippen molar-refractivity contribution in [2.75, 3.05) is 24.6 Å². The fourth-order valence-electron chi connectivity index (χ4n) is 4.53. The van der Waals surface area contributed by atoms with Gasteiger partial charge >= 0.3 is 0 Å². The lowest BCUT2D eigenvalue weighted by Crippen LogP contribution is -2.55. The molecule has 1 amide bonds. The van der Waals surface area contributed by atoms with Gasteiger partial charge < -0.3 is 15.0 Å². The van der Waals surface area contributed by atoms with Gasteiger partial charge in [-0.05, 0) is 74.2 Å². The van der Waals surface area contributed by atoms with Crippen LogP contribution in [-0.2, 0) is 4.79 Å². The third kappa shape index (κ3) is 3.02. The number of nitrogens with one attached hydrogen (secondary N) is 2. The first-order valence-electron chi connectivity index (χ1n) is 10.2. The second-order valence-electron chi connectivity index (χ2n) is 7.87. The number of amidine groups is 1. The molecule has 2 aromatic carbocycles. The summed E-state index contributed by atoms with van der Waals surface area (Å²) in [5.74, 6) is -0.176. The van der Waals surface area contributed by atoms with Crippen LogP contribution in [0.3, 0.4) is 0 Å². The second kappa shape index (κ2) is 7.36. The average molecular weight is 412 g/mol. The summed E-state index contributed by atoms with van der Waals surface area (Å²) in [6.45, 7) is 3.65. The summed E-state index contributed by atoms with van der Waals surface area (Å²) in [4.78, 5) is 14.1. The van der Waals surface area contributed by atoms with E-state index >= 15 is 0 Å². The molecular weight excluding hydrogens is 390 g/mol. The van der Waals surface area contributed by atoms with Gasteiger partial charge in [0.2, 0.25) is 0 Å². The maximum absolute atomic E-state index is 14.7.